The maximum absolute atomic E-state index is 5.54. The minimum atomic E-state index is 0. The van der Waals surface area contributed by atoms with E-state index in [1.807, 2.05) is 24.7 Å². The summed E-state index contributed by atoms with van der Waals surface area (Å²) in [6.45, 7) is 6.32. The molecule has 7 nitrogen and oxygen atoms in total. The Morgan fingerprint density at radius 3 is 2.67 bits per heavy atom. The molecule has 1 fully saturated rings. The number of rotatable bonds is 8. The Labute approximate surface area is 213 Å². The highest BCUT2D eigenvalue weighted by atomic mass is 127. The third-order valence-electron chi connectivity index (χ3n) is 5.67. The average Bonchev–Trinajstić information content (AvgIpc) is 3.51. The van der Waals surface area contributed by atoms with Gasteiger partial charge in [-0.2, -0.15) is 0 Å². The lowest BCUT2D eigenvalue weighted by atomic mass is 10.1. The minimum Gasteiger partial charge on any atom is -0.495 e. The van der Waals surface area contributed by atoms with E-state index < -0.39 is 0 Å². The standard InChI is InChI=1S/C25H32N6O.HI/c1-3-27-25(28-16-20-8-10-21(11-9-20)17-30-15-13-26-19-30)29-22-12-14-31(18-22)23-6-4-5-7-24(23)32-2;/h4-11,13,15,19,22H,3,12,14,16-18H2,1-2H3,(H2,27,28,29);1H. The van der Waals surface area contributed by atoms with Crippen LogP contribution in [0.3, 0.4) is 0 Å². The molecule has 33 heavy (non-hydrogen) atoms. The van der Waals surface area contributed by atoms with Crippen molar-refractivity contribution in [3.8, 4) is 5.75 Å². The highest BCUT2D eigenvalue weighted by molar-refractivity contribution is 14.0. The molecule has 3 aromatic rings. The Kier molecular flexibility index (Phi) is 9.41. The zero-order chi connectivity index (χ0) is 22.2. The maximum atomic E-state index is 5.54. The van der Waals surface area contributed by atoms with E-state index in [4.69, 9.17) is 9.73 Å². The molecule has 0 radical (unpaired) electrons. The van der Waals surface area contributed by atoms with Crippen molar-refractivity contribution in [2.24, 2.45) is 4.99 Å². The van der Waals surface area contributed by atoms with Crippen LogP contribution in [0.25, 0.3) is 0 Å². The number of para-hydroxylation sites is 2. The molecule has 1 aliphatic rings. The summed E-state index contributed by atoms with van der Waals surface area (Å²) in [5.74, 6) is 1.78. The number of imidazole rings is 1. The first-order chi connectivity index (χ1) is 15.7. The number of guanidine groups is 1. The molecule has 0 bridgehead atoms. The van der Waals surface area contributed by atoms with E-state index in [2.05, 4.69) is 68.4 Å². The first kappa shape index (κ1) is 24.9. The molecule has 0 aliphatic carbocycles. The largest absolute Gasteiger partial charge is 0.495 e. The van der Waals surface area contributed by atoms with Gasteiger partial charge < -0.3 is 24.8 Å². The molecule has 4 rings (SSSR count). The van der Waals surface area contributed by atoms with Gasteiger partial charge in [-0.3, -0.25) is 0 Å². The van der Waals surface area contributed by atoms with Gasteiger partial charge in [-0.15, -0.1) is 24.0 Å². The highest BCUT2D eigenvalue weighted by Crippen LogP contribution is 2.30. The second kappa shape index (κ2) is 12.5. The first-order valence-electron chi connectivity index (χ1n) is 11.2. The summed E-state index contributed by atoms with van der Waals surface area (Å²) in [7, 11) is 1.73. The summed E-state index contributed by atoms with van der Waals surface area (Å²) in [5.41, 5.74) is 3.60. The summed E-state index contributed by atoms with van der Waals surface area (Å²) in [6, 6.07) is 17.2. The number of nitrogens with one attached hydrogen (secondary N) is 2. The monoisotopic (exact) mass is 560 g/mol. The molecule has 0 spiro atoms. The number of hydrogen-bond donors (Lipinski definition) is 2. The smallest absolute Gasteiger partial charge is 0.191 e. The molecule has 1 aliphatic heterocycles. The zero-order valence-electron chi connectivity index (χ0n) is 19.3. The summed E-state index contributed by atoms with van der Waals surface area (Å²) in [4.78, 5) is 11.3. The maximum Gasteiger partial charge on any atom is 0.191 e. The Balaban J connectivity index is 0.00000306. The predicted molar refractivity (Wildman–Crippen MR) is 145 cm³/mol. The van der Waals surface area contributed by atoms with E-state index in [-0.39, 0.29) is 24.0 Å². The van der Waals surface area contributed by atoms with Crippen molar-refractivity contribution in [3.63, 3.8) is 0 Å². The van der Waals surface area contributed by atoms with Gasteiger partial charge in [-0.25, -0.2) is 9.98 Å². The molecule has 1 unspecified atom stereocenters. The molecule has 1 atom stereocenters. The van der Waals surface area contributed by atoms with Crippen molar-refractivity contribution >= 4 is 35.6 Å². The Morgan fingerprint density at radius 1 is 1.15 bits per heavy atom. The van der Waals surface area contributed by atoms with Crippen LogP contribution in [-0.2, 0) is 13.1 Å². The van der Waals surface area contributed by atoms with E-state index in [9.17, 15) is 0 Å². The van der Waals surface area contributed by atoms with Crippen molar-refractivity contribution in [2.75, 3.05) is 31.6 Å². The van der Waals surface area contributed by atoms with Crippen molar-refractivity contribution in [1.29, 1.82) is 0 Å². The molecule has 2 aromatic carbocycles. The number of ether oxygens (including phenoxy) is 1. The summed E-state index contributed by atoms with van der Waals surface area (Å²) in [6.07, 6.45) is 6.68. The van der Waals surface area contributed by atoms with E-state index in [1.54, 1.807) is 13.3 Å². The summed E-state index contributed by atoms with van der Waals surface area (Å²) >= 11 is 0. The zero-order valence-corrected chi connectivity index (χ0v) is 21.6. The van der Waals surface area contributed by atoms with Gasteiger partial charge in [0.1, 0.15) is 5.75 Å². The van der Waals surface area contributed by atoms with Crippen LogP contribution < -0.4 is 20.3 Å². The Hall–Kier alpha value is -2.75. The van der Waals surface area contributed by atoms with Gasteiger partial charge in [0.15, 0.2) is 5.96 Å². The molecule has 2 heterocycles. The van der Waals surface area contributed by atoms with E-state index in [0.717, 1.165) is 50.0 Å². The SMILES string of the molecule is CCNC(=NCc1ccc(Cn2ccnc2)cc1)NC1CCN(c2ccccc2OC)C1.I. The van der Waals surface area contributed by atoms with E-state index >= 15 is 0 Å². The number of nitrogens with zero attached hydrogens (tertiary/aromatic N) is 4. The lowest BCUT2D eigenvalue weighted by Gasteiger charge is -2.22. The number of hydrogen-bond acceptors (Lipinski definition) is 4. The number of anilines is 1. The molecule has 2 N–H and O–H groups in total. The number of benzene rings is 2. The fourth-order valence-electron chi connectivity index (χ4n) is 4.01. The molecular formula is C25H33IN6O. The van der Waals surface area contributed by atoms with Crippen LogP contribution in [-0.4, -0.2) is 48.3 Å². The van der Waals surface area contributed by atoms with Crippen LogP contribution in [0.4, 0.5) is 5.69 Å². The van der Waals surface area contributed by atoms with Crippen LogP contribution >= 0.6 is 24.0 Å². The van der Waals surface area contributed by atoms with Gasteiger partial charge in [-0.1, -0.05) is 36.4 Å². The first-order valence-corrected chi connectivity index (χ1v) is 11.2. The predicted octanol–water partition coefficient (Wildman–Crippen LogP) is 3.89. The highest BCUT2D eigenvalue weighted by Gasteiger charge is 2.25. The third kappa shape index (κ3) is 6.86. The van der Waals surface area contributed by atoms with Crippen LogP contribution in [0, 0.1) is 0 Å². The van der Waals surface area contributed by atoms with Gasteiger partial charge in [0.05, 0.1) is 25.7 Å². The van der Waals surface area contributed by atoms with E-state index in [1.165, 1.54) is 11.1 Å². The third-order valence-corrected chi connectivity index (χ3v) is 5.67. The van der Waals surface area contributed by atoms with Gasteiger partial charge in [-0.05, 0) is 36.6 Å². The fraction of sp³-hybridized carbons (Fsp3) is 0.360. The van der Waals surface area contributed by atoms with Crippen LogP contribution in [0.5, 0.6) is 5.75 Å². The van der Waals surface area contributed by atoms with E-state index in [0.29, 0.717) is 12.6 Å². The lowest BCUT2D eigenvalue weighted by Crippen LogP contribution is -2.44. The number of halogens is 1. The lowest BCUT2D eigenvalue weighted by molar-refractivity contribution is 0.415. The molecule has 1 aromatic heterocycles. The molecule has 0 saturated carbocycles. The molecule has 0 amide bonds. The quantitative estimate of drug-likeness (QED) is 0.249. The summed E-state index contributed by atoms with van der Waals surface area (Å²) < 4.78 is 7.60. The van der Waals surface area contributed by atoms with Crippen LogP contribution in [0.15, 0.2) is 72.2 Å². The van der Waals surface area contributed by atoms with Gasteiger partial charge in [0.2, 0.25) is 0 Å². The summed E-state index contributed by atoms with van der Waals surface area (Å²) in [5, 5.41) is 6.99. The van der Waals surface area contributed by atoms with Gasteiger partial charge in [0, 0.05) is 44.6 Å². The van der Waals surface area contributed by atoms with Gasteiger partial charge >= 0.3 is 0 Å². The van der Waals surface area contributed by atoms with Crippen molar-refractivity contribution in [2.45, 2.75) is 32.5 Å². The van der Waals surface area contributed by atoms with Crippen molar-refractivity contribution in [3.05, 3.63) is 78.4 Å². The Morgan fingerprint density at radius 2 is 1.94 bits per heavy atom. The number of aliphatic imine (C=N–C) groups is 1. The second-order valence-electron chi connectivity index (χ2n) is 7.99. The van der Waals surface area contributed by atoms with Crippen LogP contribution in [0.1, 0.15) is 24.5 Å². The molecule has 8 heteroatoms. The average molecular weight is 560 g/mol. The Bertz CT molecular complexity index is 1010. The topological polar surface area (TPSA) is 66.7 Å². The minimum absolute atomic E-state index is 0. The molecule has 1 saturated heterocycles. The number of methoxy groups -OCH3 is 1. The normalized spacial score (nSPS) is 15.8. The second-order valence-corrected chi connectivity index (χ2v) is 7.99. The molecular weight excluding hydrogens is 527 g/mol. The number of aromatic nitrogens is 2. The fourth-order valence-corrected chi connectivity index (χ4v) is 4.01. The molecule has 176 valence electrons. The van der Waals surface area contributed by atoms with Crippen molar-refractivity contribution < 1.29 is 4.74 Å². The van der Waals surface area contributed by atoms with Crippen molar-refractivity contribution in [1.82, 2.24) is 20.2 Å². The van der Waals surface area contributed by atoms with Gasteiger partial charge in [0.25, 0.3) is 0 Å². The van der Waals surface area contributed by atoms with Crippen LogP contribution in [0.2, 0.25) is 0 Å².